The van der Waals surface area contributed by atoms with Gasteiger partial charge in [-0.15, -0.1) is 0 Å². The molecule has 0 bridgehead atoms. The molecule has 0 spiro atoms. The molecular weight excluding hydrogens is 378 g/mol. The molecule has 1 unspecified atom stereocenters. The van der Waals surface area contributed by atoms with Crippen molar-refractivity contribution >= 4 is 22.6 Å². The monoisotopic (exact) mass is 399 g/mol. The first-order valence-corrected chi connectivity index (χ1v) is 9.79. The highest BCUT2D eigenvalue weighted by Gasteiger charge is 2.23. The molecule has 0 amide bonds. The lowest BCUT2D eigenvalue weighted by molar-refractivity contribution is -0.0328. The minimum Gasteiger partial charge on any atom is -0.508 e. The van der Waals surface area contributed by atoms with E-state index in [4.69, 9.17) is 20.8 Å². The number of aryl methyl sites for hydroxylation is 1. The van der Waals surface area contributed by atoms with Crippen LogP contribution in [0.1, 0.15) is 29.7 Å². The second-order valence-electron chi connectivity index (χ2n) is 7.07. The lowest BCUT2D eigenvalue weighted by Gasteiger charge is -2.33. The quantitative estimate of drug-likeness (QED) is 0.663. The maximum Gasteiger partial charge on any atom is 0.336 e. The lowest BCUT2D eigenvalue weighted by Crippen LogP contribution is -2.38. The van der Waals surface area contributed by atoms with E-state index >= 15 is 0 Å². The van der Waals surface area contributed by atoms with E-state index in [1.54, 1.807) is 6.07 Å². The number of nitrogens with zero attached hydrogens (tertiary/aromatic N) is 1. The van der Waals surface area contributed by atoms with E-state index in [1.165, 1.54) is 6.07 Å². The number of benzene rings is 2. The summed E-state index contributed by atoms with van der Waals surface area (Å²) in [6, 6.07) is 12.7. The number of fused-ring (bicyclic) bond motifs is 1. The third-order valence-corrected chi connectivity index (χ3v) is 5.45. The molecule has 1 fully saturated rings. The highest BCUT2D eigenvalue weighted by atomic mass is 35.5. The highest BCUT2D eigenvalue weighted by Crippen LogP contribution is 2.29. The molecule has 1 atom stereocenters. The van der Waals surface area contributed by atoms with Crippen molar-refractivity contribution in [3.8, 4) is 5.75 Å². The van der Waals surface area contributed by atoms with Gasteiger partial charge in [0.1, 0.15) is 11.3 Å². The molecule has 1 aliphatic rings. The number of aromatic hydroxyl groups is 1. The molecule has 4 rings (SSSR count). The van der Waals surface area contributed by atoms with Gasteiger partial charge in [-0.05, 0) is 41.3 Å². The van der Waals surface area contributed by atoms with Crippen LogP contribution in [0.25, 0.3) is 11.0 Å². The zero-order valence-corrected chi connectivity index (χ0v) is 16.4. The van der Waals surface area contributed by atoms with Crippen molar-refractivity contribution in [2.24, 2.45) is 0 Å². The number of hydrogen-bond acceptors (Lipinski definition) is 5. The molecule has 146 valence electrons. The number of halogens is 1. The number of hydrogen-bond donors (Lipinski definition) is 1. The van der Waals surface area contributed by atoms with Crippen LogP contribution in [0.2, 0.25) is 5.02 Å². The molecule has 28 heavy (non-hydrogen) atoms. The normalized spacial score (nSPS) is 17.9. The summed E-state index contributed by atoms with van der Waals surface area (Å²) in [6.45, 7) is 4.72. The Kier molecular flexibility index (Phi) is 5.40. The van der Waals surface area contributed by atoms with Crippen molar-refractivity contribution in [1.29, 1.82) is 0 Å². The molecule has 1 N–H and O–H groups in total. The fourth-order valence-corrected chi connectivity index (χ4v) is 3.81. The zero-order valence-electron chi connectivity index (χ0n) is 15.7. The molecule has 2 aromatic carbocycles. The van der Waals surface area contributed by atoms with Gasteiger partial charge in [0.25, 0.3) is 0 Å². The molecule has 1 aromatic heterocycles. The average Bonchev–Trinajstić information content (AvgIpc) is 2.68. The first-order chi connectivity index (χ1) is 13.5. The second kappa shape index (κ2) is 7.95. The second-order valence-corrected chi connectivity index (χ2v) is 7.50. The predicted molar refractivity (Wildman–Crippen MR) is 109 cm³/mol. The Morgan fingerprint density at radius 1 is 1.18 bits per heavy atom. The third kappa shape index (κ3) is 3.92. The molecule has 0 aliphatic carbocycles. The summed E-state index contributed by atoms with van der Waals surface area (Å²) in [7, 11) is 0. The van der Waals surface area contributed by atoms with Gasteiger partial charge >= 0.3 is 5.63 Å². The van der Waals surface area contributed by atoms with Crippen molar-refractivity contribution in [1.82, 2.24) is 4.90 Å². The predicted octanol–water partition coefficient (Wildman–Crippen LogP) is 4.29. The molecular formula is C22H22ClNO4. The maximum absolute atomic E-state index is 12.0. The Balaban J connectivity index is 1.62. The largest absolute Gasteiger partial charge is 0.508 e. The van der Waals surface area contributed by atoms with Crippen LogP contribution in [0.3, 0.4) is 0 Å². The molecule has 6 heteroatoms. The Bertz CT molecular complexity index is 1040. The van der Waals surface area contributed by atoms with Crippen molar-refractivity contribution < 1.29 is 14.3 Å². The van der Waals surface area contributed by atoms with Crippen LogP contribution in [0.5, 0.6) is 5.75 Å². The van der Waals surface area contributed by atoms with Crippen molar-refractivity contribution in [2.45, 2.75) is 26.0 Å². The Morgan fingerprint density at radius 2 is 1.96 bits per heavy atom. The smallest absolute Gasteiger partial charge is 0.336 e. The lowest BCUT2D eigenvalue weighted by atomic mass is 10.0. The number of phenolic OH excluding ortho intramolecular Hbond substituents is 1. The zero-order chi connectivity index (χ0) is 19.7. The Hall–Kier alpha value is -2.34. The Morgan fingerprint density at radius 3 is 2.71 bits per heavy atom. The van der Waals surface area contributed by atoms with E-state index in [2.05, 4.69) is 4.90 Å². The van der Waals surface area contributed by atoms with Crippen molar-refractivity contribution in [3.05, 3.63) is 74.6 Å². The van der Waals surface area contributed by atoms with E-state index < -0.39 is 5.63 Å². The summed E-state index contributed by atoms with van der Waals surface area (Å²) >= 11 is 5.99. The molecule has 1 aliphatic heterocycles. The van der Waals surface area contributed by atoms with E-state index in [1.807, 2.05) is 37.3 Å². The van der Waals surface area contributed by atoms with Gasteiger partial charge in [0.2, 0.25) is 0 Å². The van der Waals surface area contributed by atoms with Gasteiger partial charge in [-0.1, -0.05) is 30.7 Å². The molecule has 5 nitrogen and oxygen atoms in total. The first kappa shape index (κ1) is 19.0. The summed E-state index contributed by atoms with van der Waals surface area (Å²) in [5.74, 6) is 0.157. The van der Waals surface area contributed by atoms with Crippen LogP contribution in [-0.4, -0.2) is 29.7 Å². The van der Waals surface area contributed by atoms with E-state index in [0.29, 0.717) is 30.2 Å². The number of morpholine rings is 1. The van der Waals surface area contributed by atoms with Crippen LogP contribution in [0, 0.1) is 0 Å². The molecule has 2 heterocycles. The minimum absolute atomic E-state index is 0.0346. The van der Waals surface area contributed by atoms with Gasteiger partial charge in [0.15, 0.2) is 0 Å². The Labute approximate surface area is 168 Å². The van der Waals surface area contributed by atoms with Gasteiger partial charge < -0.3 is 14.3 Å². The van der Waals surface area contributed by atoms with Gasteiger partial charge in [0.05, 0.1) is 12.7 Å². The average molecular weight is 400 g/mol. The van der Waals surface area contributed by atoms with Crippen LogP contribution in [0.15, 0.2) is 51.7 Å². The topological polar surface area (TPSA) is 62.9 Å². The van der Waals surface area contributed by atoms with E-state index in [9.17, 15) is 9.90 Å². The number of ether oxygens (including phenoxy) is 1. The van der Waals surface area contributed by atoms with Crippen LogP contribution < -0.4 is 5.63 Å². The van der Waals surface area contributed by atoms with Crippen LogP contribution in [0.4, 0.5) is 0 Å². The van der Waals surface area contributed by atoms with Gasteiger partial charge in [-0.3, -0.25) is 4.90 Å². The first-order valence-electron chi connectivity index (χ1n) is 9.41. The highest BCUT2D eigenvalue weighted by molar-refractivity contribution is 6.30. The van der Waals surface area contributed by atoms with Gasteiger partial charge in [0, 0.05) is 42.2 Å². The van der Waals surface area contributed by atoms with E-state index in [-0.39, 0.29) is 11.9 Å². The summed E-state index contributed by atoms with van der Waals surface area (Å²) in [5, 5.41) is 11.7. The third-order valence-electron chi connectivity index (χ3n) is 5.20. The maximum atomic E-state index is 12.0. The van der Waals surface area contributed by atoms with E-state index in [0.717, 1.165) is 35.2 Å². The standard InChI is InChI=1S/C22H22ClNO4/c1-2-14-9-18-16(10-22(26)28-20(18)11-19(14)25)12-24-7-8-27-21(13-24)15-3-5-17(23)6-4-15/h3-6,9-11,21,25H,2,7-8,12-13H2,1H3. The summed E-state index contributed by atoms with van der Waals surface area (Å²) < 4.78 is 11.2. The number of rotatable bonds is 4. The van der Waals surface area contributed by atoms with Crippen LogP contribution >= 0.6 is 11.6 Å². The molecule has 3 aromatic rings. The molecule has 1 saturated heterocycles. The van der Waals surface area contributed by atoms with Gasteiger partial charge in [-0.25, -0.2) is 4.79 Å². The summed E-state index contributed by atoms with van der Waals surface area (Å²) in [4.78, 5) is 14.3. The van der Waals surface area contributed by atoms with Crippen molar-refractivity contribution in [3.63, 3.8) is 0 Å². The summed E-state index contributed by atoms with van der Waals surface area (Å²) in [6.07, 6.45) is 0.670. The van der Waals surface area contributed by atoms with Crippen LogP contribution in [-0.2, 0) is 17.7 Å². The molecule has 0 saturated carbocycles. The fraction of sp³-hybridized carbons (Fsp3) is 0.318. The number of phenols is 1. The SMILES string of the molecule is CCc1cc2c(CN3CCOC(c4ccc(Cl)cc4)C3)cc(=O)oc2cc1O. The van der Waals surface area contributed by atoms with Crippen molar-refractivity contribution in [2.75, 3.05) is 19.7 Å². The fourth-order valence-electron chi connectivity index (χ4n) is 3.69. The summed E-state index contributed by atoms with van der Waals surface area (Å²) in [5.41, 5.74) is 2.83. The minimum atomic E-state index is -0.409. The van der Waals surface area contributed by atoms with Gasteiger partial charge in [-0.2, -0.15) is 0 Å². The molecule has 0 radical (unpaired) electrons.